The molecular formula is C11H13BrO2. The normalized spacial score (nSPS) is 24.2. The SMILES string of the molecule is COc1ccc2c(c1)C(C)C(CBr)O2. The van der Waals surface area contributed by atoms with E-state index >= 15 is 0 Å². The zero-order valence-corrected chi connectivity index (χ0v) is 9.87. The highest BCUT2D eigenvalue weighted by Gasteiger charge is 2.30. The molecule has 0 bridgehead atoms. The summed E-state index contributed by atoms with van der Waals surface area (Å²) in [5, 5.41) is 0.866. The van der Waals surface area contributed by atoms with Crippen LogP contribution in [-0.2, 0) is 0 Å². The molecule has 76 valence electrons. The van der Waals surface area contributed by atoms with Crippen LogP contribution >= 0.6 is 15.9 Å². The van der Waals surface area contributed by atoms with Crippen molar-refractivity contribution in [3.63, 3.8) is 0 Å². The maximum Gasteiger partial charge on any atom is 0.123 e. The maximum atomic E-state index is 5.77. The highest BCUT2D eigenvalue weighted by atomic mass is 79.9. The molecule has 0 saturated carbocycles. The van der Waals surface area contributed by atoms with Crippen LogP contribution in [-0.4, -0.2) is 18.5 Å². The van der Waals surface area contributed by atoms with Crippen molar-refractivity contribution in [1.29, 1.82) is 0 Å². The first-order valence-corrected chi connectivity index (χ1v) is 5.79. The number of rotatable bonds is 2. The molecule has 3 heteroatoms. The first-order valence-electron chi connectivity index (χ1n) is 4.67. The lowest BCUT2D eigenvalue weighted by Gasteiger charge is -2.10. The summed E-state index contributed by atoms with van der Waals surface area (Å²) >= 11 is 3.45. The fraction of sp³-hybridized carbons (Fsp3) is 0.455. The highest BCUT2D eigenvalue weighted by molar-refractivity contribution is 9.09. The number of benzene rings is 1. The fourth-order valence-electron chi connectivity index (χ4n) is 1.75. The first kappa shape index (κ1) is 9.84. The Labute approximate surface area is 92.3 Å². The van der Waals surface area contributed by atoms with Crippen LogP contribution in [0.15, 0.2) is 18.2 Å². The van der Waals surface area contributed by atoms with Crippen LogP contribution in [0, 0.1) is 0 Å². The standard InChI is InChI=1S/C11H13BrO2/c1-7-9-5-8(13-2)3-4-10(9)14-11(7)6-12/h3-5,7,11H,6H2,1-2H3. The van der Waals surface area contributed by atoms with E-state index in [9.17, 15) is 0 Å². The average molecular weight is 257 g/mol. The Morgan fingerprint density at radius 2 is 2.29 bits per heavy atom. The van der Waals surface area contributed by atoms with Crippen LogP contribution in [0.4, 0.5) is 0 Å². The summed E-state index contributed by atoms with van der Waals surface area (Å²) in [5.74, 6) is 2.32. The van der Waals surface area contributed by atoms with E-state index in [1.807, 2.05) is 12.1 Å². The lowest BCUT2D eigenvalue weighted by Crippen LogP contribution is -2.17. The van der Waals surface area contributed by atoms with E-state index in [-0.39, 0.29) is 6.10 Å². The molecule has 1 aliphatic rings. The topological polar surface area (TPSA) is 18.5 Å². The van der Waals surface area contributed by atoms with Gasteiger partial charge in [-0.05, 0) is 18.2 Å². The van der Waals surface area contributed by atoms with Gasteiger partial charge >= 0.3 is 0 Å². The minimum absolute atomic E-state index is 0.247. The van der Waals surface area contributed by atoms with Crippen LogP contribution in [0.5, 0.6) is 11.5 Å². The van der Waals surface area contributed by atoms with E-state index in [1.165, 1.54) is 5.56 Å². The number of ether oxygens (including phenoxy) is 2. The second-order valence-corrected chi connectivity index (χ2v) is 4.15. The molecule has 1 aliphatic heterocycles. The lowest BCUT2D eigenvalue weighted by atomic mass is 9.98. The van der Waals surface area contributed by atoms with E-state index in [0.29, 0.717) is 5.92 Å². The van der Waals surface area contributed by atoms with Crippen LogP contribution in [0.2, 0.25) is 0 Å². The van der Waals surface area contributed by atoms with E-state index in [2.05, 4.69) is 28.9 Å². The molecule has 0 aliphatic carbocycles. The van der Waals surface area contributed by atoms with Crippen molar-refractivity contribution in [1.82, 2.24) is 0 Å². The lowest BCUT2D eigenvalue weighted by molar-refractivity contribution is 0.238. The van der Waals surface area contributed by atoms with Crippen molar-refractivity contribution in [2.75, 3.05) is 12.4 Å². The van der Waals surface area contributed by atoms with Gasteiger partial charge in [-0.2, -0.15) is 0 Å². The van der Waals surface area contributed by atoms with Crippen LogP contribution in [0.1, 0.15) is 18.4 Å². The first-order chi connectivity index (χ1) is 6.76. The van der Waals surface area contributed by atoms with Crippen LogP contribution in [0.25, 0.3) is 0 Å². The molecule has 2 nitrogen and oxygen atoms in total. The van der Waals surface area contributed by atoms with Crippen molar-refractivity contribution >= 4 is 15.9 Å². The fourth-order valence-corrected chi connectivity index (χ4v) is 2.44. The van der Waals surface area contributed by atoms with Gasteiger partial charge in [0, 0.05) is 16.8 Å². The molecule has 1 heterocycles. The smallest absolute Gasteiger partial charge is 0.123 e. The summed E-state index contributed by atoms with van der Waals surface area (Å²) in [7, 11) is 1.68. The maximum absolute atomic E-state index is 5.77. The number of alkyl halides is 1. The third-order valence-electron chi connectivity index (χ3n) is 2.70. The third kappa shape index (κ3) is 1.50. The van der Waals surface area contributed by atoms with Gasteiger partial charge < -0.3 is 9.47 Å². The molecule has 0 amide bonds. The van der Waals surface area contributed by atoms with E-state index < -0.39 is 0 Å². The molecule has 1 aromatic carbocycles. The van der Waals surface area contributed by atoms with E-state index in [0.717, 1.165) is 16.8 Å². The quantitative estimate of drug-likeness (QED) is 0.758. The van der Waals surface area contributed by atoms with Gasteiger partial charge in [-0.15, -0.1) is 0 Å². The van der Waals surface area contributed by atoms with E-state index in [4.69, 9.17) is 9.47 Å². The minimum Gasteiger partial charge on any atom is -0.497 e. The molecular weight excluding hydrogens is 244 g/mol. The Morgan fingerprint density at radius 3 is 2.93 bits per heavy atom. The van der Waals surface area contributed by atoms with Gasteiger partial charge in [0.05, 0.1) is 7.11 Å². The van der Waals surface area contributed by atoms with Gasteiger partial charge in [0.15, 0.2) is 0 Å². The van der Waals surface area contributed by atoms with E-state index in [1.54, 1.807) is 7.11 Å². The minimum atomic E-state index is 0.247. The summed E-state index contributed by atoms with van der Waals surface area (Å²) in [6.45, 7) is 2.18. The number of hydrogen-bond acceptors (Lipinski definition) is 2. The molecule has 2 unspecified atom stereocenters. The molecule has 1 aromatic rings. The van der Waals surface area contributed by atoms with Gasteiger partial charge in [-0.1, -0.05) is 22.9 Å². The van der Waals surface area contributed by atoms with Crippen molar-refractivity contribution in [3.05, 3.63) is 23.8 Å². The summed E-state index contributed by atoms with van der Waals surface area (Å²) in [6.07, 6.45) is 0.247. The van der Waals surface area contributed by atoms with Gasteiger partial charge in [0.25, 0.3) is 0 Å². The Morgan fingerprint density at radius 1 is 1.50 bits per heavy atom. The molecule has 0 saturated heterocycles. The Hall–Kier alpha value is -0.700. The van der Waals surface area contributed by atoms with Gasteiger partial charge in [-0.3, -0.25) is 0 Å². The van der Waals surface area contributed by atoms with Crippen LogP contribution in [0.3, 0.4) is 0 Å². The zero-order chi connectivity index (χ0) is 10.1. The van der Waals surface area contributed by atoms with Crippen molar-refractivity contribution in [3.8, 4) is 11.5 Å². The highest BCUT2D eigenvalue weighted by Crippen LogP contribution is 2.40. The third-order valence-corrected chi connectivity index (χ3v) is 3.33. The second kappa shape index (κ2) is 3.81. The monoisotopic (exact) mass is 256 g/mol. The Bertz CT molecular complexity index is 338. The molecule has 0 radical (unpaired) electrons. The zero-order valence-electron chi connectivity index (χ0n) is 8.29. The summed E-state index contributed by atoms with van der Waals surface area (Å²) in [6, 6.07) is 5.97. The number of halogens is 1. The Kier molecular flexibility index (Phi) is 2.68. The molecule has 2 atom stereocenters. The molecule has 2 rings (SSSR count). The molecule has 0 spiro atoms. The predicted molar refractivity (Wildman–Crippen MR) is 59.6 cm³/mol. The molecule has 14 heavy (non-hydrogen) atoms. The number of fused-ring (bicyclic) bond motifs is 1. The summed E-state index contributed by atoms with van der Waals surface area (Å²) in [4.78, 5) is 0. The summed E-state index contributed by atoms with van der Waals surface area (Å²) in [5.41, 5.74) is 1.24. The second-order valence-electron chi connectivity index (χ2n) is 3.50. The summed E-state index contributed by atoms with van der Waals surface area (Å²) < 4.78 is 11.0. The Balaban J connectivity index is 2.35. The molecule has 0 N–H and O–H groups in total. The van der Waals surface area contributed by atoms with Crippen molar-refractivity contribution in [2.24, 2.45) is 0 Å². The number of hydrogen-bond donors (Lipinski definition) is 0. The largest absolute Gasteiger partial charge is 0.497 e. The number of methoxy groups -OCH3 is 1. The van der Waals surface area contributed by atoms with Gasteiger partial charge in [0.1, 0.15) is 17.6 Å². The van der Waals surface area contributed by atoms with Gasteiger partial charge in [0.2, 0.25) is 0 Å². The van der Waals surface area contributed by atoms with Gasteiger partial charge in [-0.25, -0.2) is 0 Å². The molecule has 0 aromatic heterocycles. The van der Waals surface area contributed by atoms with Crippen LogP contribution < -0.4 is 9.47 Å². The van der Waals surface area contributed by atoms with Crippen molar-refractivity contribution < 1.29 is 9.47 Å². The molecule has 0 fully saturated rings. The predicted octanol–water partition coefficient (Wildman–Crippen LogP) is 2.95. The van der Waals surface area contributed by atoms with Crippen molar-refractivity contribution in [2.45, 2.75) is 18.9 Å². The average Bonchev–Trinajstić information content (AvgIpc) is 2.55.